The van der Waals surface area contributed by atoms with Crippen molar-refractivity contribution in [3.63, 3.8) is 0 Å². The second-order valence-electron chi connectivity index (χ2n) is 3.36. The zero-order chi connectivity index (χ0) is 7.90. The van der Waals surface area contributed by atoms with Crippen molar-refractivity contribution in [2.45, 2.75) is 25.3 Å². The average Bonchev–Trinajstić information content (AvgIpc) is 2.55. The first-order chi connectivity index (χ1) is 5.27. The summed E-state index contributed by atoms with van der Waals surface area (Å²) in [4.78, 5) is 0. The van der Waals surface area contributed by atoms with Gasteiger partial charge in [0.25, 0.3) is 0 Å². The van der Waals surface area contributed by atoms with Crippen LogP contribution in [-0.4, -0.2) is 0 Å². The second-order valence-corrected chi connectivity index (χ2v) is 3.36. The largest absolute Gasteiger partial charge is 0.472 e. The van der Waals surface area contributed by atoms with E-state index in [1.54, 1.807) is 12.5 Å². The molecule has 60 valence electrons. The van der Waals surface area contributed by atoms with Crippen LogP contribution in [0.1, 0.15) is 25.3 Å². The van der Waals surface area contributed by atoms with Crippen LogP contribution in [0.4, 0.5) is 0 Å². The van der Waals surface area contributed by atoms with Gasteiger partial charge in [0.1, 0.15) is 0 Å². The first-order valence-corrected chi connectivity index (χ1v) is 4.09. The Kier molecular flexibility index (Phi) is 1.33. The number of rotatable bonds is 2. The normalized spacial score (nSPS) is 35.6. The molecule has 2 unspecified atom stereocenters. The van der Waals surface area contributed by atoms with E-state index in [0.717, 1.165) is 12.0 Å². The molecule has 1 saturated carbocycles. The maximum Gasteiger partial charge on any atom is 0.0953 e. The topological polar surface area (TPSA) is 39.2 Å². The van der Waals surface area contributed by atoms with Crippen molar-refractivity contribution in [1.82, 2.24) is 0 Å². The summed E-state index contributed by atoms with van der Waals surface area (Å²) in [6.45, 7) is 2.18. The Hall–Kier alpha value is -0.760. The van der Waals surface area contributed by atoms with Gasteiger partial charge in [-0.3, -0.25) is 0 Å². The molecule has 2 atom stereocenters. The molecule has 2 heteroatoms. The van der Waals surface area contributed by atoms with Gasteiger partial charge in [-0.15, -0.1) is 0 Å². The zero-order valence-corrected chi connectivity index (χ0v) is 6.71. The molecular weight excluding hydrogens is 138 g/mol. The Morgan fingerprint density at radius 1 is 1.82 bits per heavy atom. The Balaban J connectivity index is 2.19. The van der Waals surface area contributed by atoms with E-state index < -0.39 is 0 Å². The monoisotopic (exact) mass is 151 g/mol. The van der Waals surface area contributed by atoms with E-state index in [2.05, 4.69) is 6.92 Å². The first kappa shape index (κ1) is 6.92. The molecule has 2 nitrogen and oxygen atoms in total. The molecule has 0 amide bonds. The fraction of sp³-hybridized carbons (Fsp3) is 0.556. The van der Waals surface area contributed by atoms with Crippen LogP contribution in [0.2, 0.25) is 0 Å². The molecule has 2 N–H and O–H groups in total. The SMILES string of the molecule is CCC1CC1(N)c1ccoc1. The van der Waals surface area contributed by atoms with E-state index in [0.29, 0.717) is 5.92 Å². The van der Waals surface area contributed by atoms with Gasteiger partial charge in [0.2, 0.25) is 0 Å². The quantitative estimate of drug-likeness (QED) is 0.700. The van der Waals surface area contributed by atoms with Crippen molar-refractivity contribution in [2.75, 3.05) is 0 Å². The maximum atomic E-state index is 6.11. The third-order valence-corrected chi connectivity index (χ3v) is 2.70. The Morgan fingerprint density at radius 3 is 3.09 bits per heavy atom. The van der Waals surface area contributed by atoms with Crippen molar-refractivity contribution in [1.29, 1.82) is 0 Å². The minimum atomic E-state index is -0.0538. The molecule has 1 fully saturated rings. The highest BCUT2D eigenvalue weighted by Gasteiger charge is 2.51. The van der Waals surface area contributed by atoms with E-state index >= 15 is 0 Å². The third kappa shape index (κ3) is 0.897. The standard InChI is InChI=1S/C9H13NO/c1-2-7-5-9(7,10)8-3-4-11-6-8/h3-4,6-7H,2,5,10H2,1H3. The summed E-state index contributed by atoms with van der Waals surface area (Å²) in [5.41, 5.74) is 7.21. The van der Waals surface area contributed by atoms with Gasteiger partial charge < -0.3 is 10.2 Å². The summed E-state index contributed by atoms with van der Waals surface area (Å²) in [6, 6.07) is 1.97. The van der Waals surface area contributed by atoms with Gasteiger partial charge in [-0.2, -0.15) is 0 Å². The predicted octanol–water partition coefficient (Wildman–Crippen LogP) is 1.86. The molecule has 1 aromatic rings. The Labute approximate surface area is 66.4 Å². The number of furan rings is 1. The zero-order valence-electron chi connectivity index (χ0n) is 6.71. The molecule has 11 heavy (non-hydrogen) atoms. The minimum Gasteiger partial charge on any atom is -0.472 e. The molecule has 1 heterocycles. The van der Waals surface area contributed by atoms with E-state index in [4.69, 9.17) is 10.2 Å². The van der Waals surface area contributed by atoms with Crippen LogP contribution in [0.5, 0.6) is 0 Å². The molecule has 0 bridgehead atoms. The van der Waals surface area contributed by atoms with Crippen LogP contribution >= 0.6 is 0 Å². The molecule has 2 rings (SSSR count). The van der Waals surface area contributed by atoms with Crippen LogP contribution < -0.4 is 5.73 Å². The van der Waals surface area contributed by atoms with Gasteiger partial charge >= 0.3 is 0 Å². The molecular formula is C9H13NO. The second kappa shape index (κ2) is 2.11. The third-order valence-electron chi connectivity index (χ3n) is 2.70. The highest BCUT2D eigenvalue weighted by atomic mass is 16.3. The molecule has 0 saturated heterocycles. The average molecular weight is 151 g/mol. The minimum absolute atomic E-state index is 0.0538. The first-order valence-electron chi connectivity index (χ1n) is 4.09. The maximum absolute atomic E-state index is 6.11. The van der Waals surface area contributed by atoms with Crippen molar-refractivity contribution < 1.29 is 4.42 Å². The molecule has 0 radical (unpaired) electrons. The number of hydrogen-bond donors (Lipinski definition) is 1. The van der Waals surface area contributed by atoms with Crippen LogP contribution in [0.25, 0.3) is 0 Å². The number of nitrogens with two attached hydrogens (primary N) is 1. The molecule has 0 aliphatic heterocycles. The summed E-state index contributed by atoms with van der Waals surface area (Å²) >= 11 is 0. The Morgan fingerprint density at radius 2 is 2.64 bits per heavy atom. The van der Waals surface area contributed by atoms with Gasteiger partial charge in [-0.25, -0.2) is 0 Å². The molecule has 0 spiro atoms. The lowest BCUT2D eigenvalue weighted by Gasteiger charge is -2.06. The van der Waals surface area contributed by atoms with E-state index in [1.165, 1.54) is 6.42 Å². The molecule has 1 aliphatic rings. The van der Waals surface area contributed by atoms with Gasteiger partial charge in [-0.05, 0) is 18.4 Å². The van der Waals surface area contributed by atoms with Crippen molar-refractivity contribution in [3.05, 3.63) is 24.2 Å². The van der Waals surface area contributed by atoms with Gasteiger partial charge in [0.15, 0.2) is 0 Å². The molecule has 0 aromatic carbocycles. The summed E-state index contributed by atoms with van der Waals surface area (Å²) < 4.78 is 4.99. The lowest BCUT2D eigenvalue weighted by molar-refractivity contribution is 0.548. The fourth-order valence-electron chi connectivity index (χ4n) is 1.74. The van der Waals surface area contributed by atoms with Crippen LogP contribution in [0.15, 0.2) is 23.0 Å². The summed E-state index contributed by atoms with van der Waals surface area (Å²) in [6.07, 6.45) is 5.73. The Bertz CT molecular complexity index is 242. The number of hydrogen-bond acceptors (Lipinski definition) is 2. The van der Waals surface area contributed by atoms with Gasteiger partial charge in [0.05, 0.1) is 12.5 Å². The smallest absolute Gasteiger partial charge is 0.0953 e. The molecule has 1 aliphatic carbocycles. The van der Waals surface area contributed by atoms with Crippen LogP contribution in [0, 0.1) is 5.92 Å². The van der Waals surface area contributed by atoms with Crippen molar-refractivity contribution >= 4 is 0 Å². The fourth-order valence-corrected chi connectivity index (χ4v) is 1.74. The summed E-state index contributed by atoms with van der Waals surface area (Å²) in [5.74, 6) is 0.667. The highest BCUT2D eigenvalue weighted by Crippen LogP contribution is 2.51. The summed E-state index contributed by atoms with van der Waals surface area (Å²) in [5, 5.41) is 0. The van der Waals surface area contributed by atoms with Crippen molar-refractivity contribution in [2.24, 2.45) is 11.7 Å². The van der Waals surface area contributed by atoms with Crippen molar-refractivity contribution in [3.8, 4) is 0 Å². The van der Waals surface area contributed by atoms with Gasteiger partial charge in [0, 0.05) is 11.1 Å². The highest BCUT2D eigenvalue weighted by molar-refractivity contribution is 5.27. The summed E-state index contributed by atoms with van der Waals surface area (Å²) in [7, 11) is 0. The lowest BCUT2D eigenvalue weighted by Crippen LogP contribution is -2.21. The van der Waals surface area contributed by atoms with E-state index in [9.17, 15) is 0 Å². The van der Waals surface area contributed by atoms with E-state index in [1.807, 2.05) is 6.07 Å². The van der Waals surface area contributed by atoms with Gasteiger partial charge in [-0.1, -0.05) is 13.3 Å². The lowest BCUT2D eigenvalue weighted by atomic mass is 10.1. The van der Waals surface area contributed by atoms with E-state index in [-0.39, 0.29) is 5.54 Å². The molecule has 1 aromatic heterocycles. The van der Waals surface area contributed by atoms with Crippen LogP contribution in [0.3, 0.4) is 0 Å². The van der Waals surface area contributed by atoms with Crippen LogP contribution in [-0.2, 0) is 5.54 Å². The predicted molar refractivity (Wildman–Crippen MR) is 43.0 cm³/mol.